The summed E-state index contributed by atoms with van der Waals surface area (Å²) < 4.78 is 6.91. The fourth-order valence-electron chi connectivity index (χ4n) is 2.39. The SMILES string of the molecule is CCOC(=O)CSc1nnc2c3ccccc3nc(C(C)C)n12. The minimum absolute atomic E-state index is 0.207. The molecule has 2 aromatic heterocycles. The second kappa shape index (κ2) is 6.54. The van der Waals surface area contributed by atoms with Crippen LogP contribution in [0.2, 0.25) is 0 Å². The molecule has 23 heavy (non-hydrogen) atoms. The Kier molecular flexibility index (Phi) is 4.47. The van der Waals surface area contributed by atoms with E-state index in [0.717, 1.165) is 22.4 Å². The fourth-order valence-corrected chi connectivity index (χ4v) is 3.13. The van der Waals surface area contributed by atoms with Crippen molar-refractivity contribution in [1.29, 1.82) is 0 Å². The van der Waals surface area contributed by atoms with Crippen LogP contribution < -0.4 is 0 Å². The normalized spacial score (nSPS) is 11.5. The first kappa shape index (κ1) is 15.7. The molecule has 3 rings (SSSR count). The zero-order valence-electron chi connectivity index (χ0n) is 13.3. The molecular formula is C16H18N4O2S. The highest BCUT2D eigenvalue weighted by molar-refractivity contribution is 7.99. The molecule has 0 aliphatic rings. The lowest BCUT2D eigenvalue weighted by Crippen LogP contribution is -2.09. The maximum absolute atomic E-state index is 11.6. The summed E-state index contributed by atoms with van der Waals surface area (Å²) >= 11 is 1.32. The monoisotopic (exact) mass is 330 g/mol. The third kappa shape index (κ3) is 3.01. The summed E-state index contributed by atoms with van der Waals surface area (Å²) in [5.74, 6) is 1.04. The molecule has 120 valence electrons. The third-order valence-corrected chi connectivity index (χ3v) is 4.29. The number of hydrogen-bond donors (Lipinski definition) is 0. The number of aromatic nitrogens is 4. The van der Waals surface area contributed by atoms with E-state index in [1.165, 1.54) is 11.8 Å². The molecule has 0 fully saturated rings. The van der Waals surface area contributed by atoms with Gasteiger partial charge in [0.25, 0.3) is 0 Å². The van der Waals surface area contributed by atoms with Gasteiger partial charge in [-0.25, -0.2) is 4.98 Å². The molecule has 0 aliphatic heterocycles. The molecule has 0 atom stereocenters. The van der Waals surface area contributed by atoms with Crippen molar-refractivity contribution in [3.8, 4) is 0 Å². The molecule has 1 aromatic carbocycles. The van der Waals surface area contributed by atoms with Crippen LogP contribution in [-0.2, 0) is 9.53 Å². The van der Waals surface area contributed by atoms with Crippen molar-refractivity contribution in [2.75, 3.05) is 12.4 Å². The maximum Gasteiger partial charge on any atom is 0.316 e. The van der Waals surface area contributed by atoms with E-state index >= 15 is 0 Å². The van der Waals surface area contributed by atoms with Crippen molar-refractivity contribution in [2.45, 2.75) is 31.8 Å². The Bertz CT molecular complexity index is 860. The van der Waals surface area contributed by atoms with Crippen LogP contribution in [0.4, 0.5) is 0 Å². The summed E-state index contributed by atoms with van der Waals surface area (Å²) in [6, 6.07) is 7.87. The number of para-hydroxylation sites is 1. The average molecular weight is 330 g/mol. The van der Waals surface area contributed by atoms with Crippen LogP contribution >= 0.6 is 11.8 Å². The first-order valence-electron chi connectivity index (χ1n) is 7.54. The highest BCUT2D eigenvalue weighted by Gasteiger charge is 2.18. The van der Waals surface area contributed by atoms with Crippen LogP contribution in [-0.4, -0.2) is 37.9 Å². The lowest BCUT2D eigenvalue weighted by atomic mass is 10.2. The number of carbonyl (C=O) groups excluding carboxylic acids is 1. The molecule has 0 saturated heterocycles. The summed E-state index contributed by atoms with van der Waals surface area (Å²) in [6.07, 6.45) is 0. The van der Waals surface area contributed by atoms with Crippen molar-refractivity contribution < 1.29 is 9.53 Å². The van der Waals surface area contributed by atoms with Crippen LogP contribution in [0.5, 0.6) is 0 Å². The molecule has 6 nitrogen and oxygen atoms in total. The van der Waals surface area contributed by atoms with Gasteiger partial charge in [0.2, 0.25) is 0 Å². The zero-order chi connectivity index (χ0) is 16.4. The Labute approximate surface area is 138 Å². The molecule has 0 amide bonds. The van der Waals surface area contributed by atoms with Gasteiger partial charge in [0.05, 0.1) is 17.9 Å². The molecule has 3 aromatic rings. The van der Waals surface area contributed by atoms with Crippen LogP contribution in [0.25, 0.3) is 16.6 Å². The molecule has 0 spiro atoms. The van der Waals surface area contributed by atoms with Crippen molar-refractivity contribution in [3.05, 3.63) is 30.1 Å². The van der Waals surface area contributed by atoms with Gasteiger partial charge in [-0.1, -0.05) is 37.7 Å². The number of nitrogens with zero attached hydrogens (tertiary/aromatic N) is 4. The molecule has 0 aliphatic carbocycles. The topological polar surface area (TPSA) is 69.4 Å². The predicted octanol–water partition coefficient (Wildman–Crippen LogP) is 3.06. The lowest BCUT2D eigenvalue weighted by Gasteiger charge is -2.11. The lowest BCUT2D eigenvalue weighted by molar-refractivity contribution is -0.139. The highest BCUT2D eigenvalue weighted by Crippen LogP contribution is 2.27. The van der Waals surface area contributed by atoms with E-state index in [1.807, 2.05) is 28.7 Å². The number of thioether (sulfide) groups is 1. The quantitative estimate of drug-likeness (QED) is 0.529. The van der Waals surface area contributed by atoms with Gasteiger partial charge >= 0.3 is 5.97 Å². The van der Waals surface area contributed by atoms with Gasteiger partial charge in [0.1, 0.15) is 5.82 Å². The number of carbonyl (C=O) groups is 1. The fraction of sp³-hybridized carbons (Fsp3) is 0.375. The molecule has 0 bridgehead atoms. The van der Waals surface area contributed by atoms with Gasteiger partial charge in [-0.15, -0.1) is 10.2 Å². The van der Waals surface area contributed by atoms with Crippen LogP contribution in [0.1, 0.15) is 32.5 Å². The van der Waals surface area contributed by atoms with Crippen LogP contribution in [0.3, 0.4) is 0 Å². The zero-order valence-corrected chi connectivity index (χ0v) is 14.1. The largest absolute Gasteiger partial charge is 0.465 e. The number of benzene rings is 1. The van der Waals surface area contributed by atoms with E-state index in [9.17, 15) is 4.79 Å². The number of rotatable bonds is 5. The van der Waals surface area contributed by atoms with E-state index in [-0.39, 0.29) is 17.6 Å². The number of hydrogen-bond acceptors (Lipinski definition) is 6. The smallest absolute Gasteiger partial charge is 0.316 e. The summed E-state index contributed by atoms with van der Waals surface area (Å²) in [5, 5.41) is 10.2. The Morgan fingerprint density at radius 3 is 2.83 bits per heavy atom. The predicted molar refractivity (Wildman–Crippen MR) is 89.7 cm³/mol. The minimum atomic E-state index is -0.255. The second-order valence-corrected chi connectivity index (χ2v) is 6.32. The van der Waals surface area contributed by atoms with Crippen molar-refractivity contribution in [2.24, 2.45) is 0 Å². The van der Waals surface area contributed by atoms with E-state index in [0.29, 0.717) is 11.8 Å². The van der Waals surface area contributed by atoms with E-state index in [4.69, 9.17) is 9.72 Å². The Hall–Kier alpha value is -2.15. The second-order valence-electron chi connectivity index (χ2n) is 5.38. The van der Waals surface area contributed by atoms with Crippen molar-refractivity contribution in [3.63, 3.8) is 0 Å². The summed E-state index contributed by atoms with van der Waals surface area (Å²) in [7, 11) is 0. The van der Waals surface area contributed by atoms with Gasteiger partial charge in [-0.3, -0.25) is 9.20 Å². The molecular weight excluding hydrogens is 312 g/mol. The number of ether oxygens (including phenoxy) is 1. The first-order chi connectivity index (χ1) is 11.1. The van der Waals surface area contributed by atoms with E-state index in [1.54, 1.807) is 6.92 Å². The Balaban J connectivity index is 2.09. The Morgan fingerprint density at radius 1 is 1.30 bits per heavy atom. The van der Waals surface area contributed by atoms with Crippen molar-refractivity contribution >= 4 is 34.3 Å². The van der Waals surface area contributed by atoms with Gasteiger partial charge in [0.15, 0.2) is 10.8 Å². The average Bonchev–Trinajstić information content (AvgIpc) is 2.96. The van der Waals surface area contributed by atoms with Crippen molar-refractivity contribution in [1.82, 2.24) is 19.6 Å². The molecule has 7 heteroatoms. The maximum atomic E-state index is 11.6. The molecule has 0 saturated carbocycles. The number of esters is 1. The van der Waals surface area contributed by atoms with Crippen LogP contribution in [0, 0.1) is 0 Å². The third-order valence-electron chi connectivity index (χ3n) is 3.38. The van der Waals surface area contributed by atoms with E-state index in [2.05, 4.69) is 24.0 Å². The first-order valence-corrected chi connectivity index (χ1v) is 8.52. The number of fused-ring (bicyclic) bond motifs is 3. The molecule has 0 N–H and O–H groups in total. The summed E-state index contributed by atoms with van der Waals surface area (Å²) in [6.45, 7) is 6.33. The summed E-state index contributed by atoms with van der Waals surface area (Å²) in [4.78, 5) is 16.3. The summed E-state index contributed by atoms with van der Waals surface area (Å²) in [5.41, 5.74) is 1.67. The van der Waals surface area contributed by atoms with Gasteiger partial charge in [0, 0.05) is 11.3 Å². The Morgan fingerprint density at radius 2 is 2.09 bits per heavy atom. The molecule has 0 unspecified atom stereocenters. The highest BCUT2D eigenvalue weighted by atomic mass is 32.2. The van der Waals surface area contributed by atoms with Gasteiger partial charge in [-0.2, -0.15) is 0 Å². The molecule has 0 radical (unpaired) electrons. The van der Waals surface area contributed by atoms with Gasteiger partial charge < -0.3 is 4.74 Å². The van der Waals surface area contributed by atoms with Gasteiger partial charge in [-0.05, 0) is 19.1 Å². The molecule has 2 heterocycles. The minimum Gasteiger partial charge on any atom is -0.465 e. The van der Waals surface area contributed by atoms with E-state index < -0.39 is 0 Å². The van der Waals surface area contributed by atoms with Crippen LogP contribution in [0.15, 0.2) is 29.4 Å². The standard InChI is InChI=1S/C16H18N4O2S/c1-4-22-13(21)9-23-16-19-18-15-11-7-5-6-8-12(11)17-14(10(2)3)20(15)16/h5-8,10H,4,9H2,1-3H3.